The van der Waals surface area contributed by atoms with E-state index in [1.54, 1.807) is 0 Å². The lowest BCUT2D eigenvalue weighted by molar-refractivity contribution is -0.137. The summed E-state index contributed by atoms with van der Waals surface area (Å²) in [5.74, 6) is 0.359. The van der Waals surface area contributed by atoms with Gasteiger partial charge in [-0.05, 0) is 32.1 Å². The number of hydrogen-bond acceptors (Lipinski definition) is 3. The van der Waals surface area contributed by atoms with Crippen LogP contribution in [0.4, 0.5) is 0 Å². The maximum absolute atomic E-state index is 12.9. The molecule has 4 rings (SSSR count). The molecule has 25 heavy (non-hydrogen) atoms. The summed E-state index contributed by atoms with van der Waals surface area (Å²) in [4.78, 5) is 14.9. The van der Waals surface area contributed by atoms with Crippen molar-refractivity contribution in [2.45, 2.75) is 44.6 Å². The molecule has 1 aliphatic heterocycles. The van der Waals surface area contributed by atoms with Crippen LogP contribution in [0.15, 0.2) is 30.3 Å². The zero-order chi connectivity index (χ0) is 17.2. The average molecular weight is 339 g/mol. The number of carbonyl (C=O) groups excluding carboxylic acids is 1. The molecular formula is C20H25N3O2. The highest BCUT2D eigenvalue weighted by Gasteiger charge is 2.30. The molecule has 2 heterocycles. The van der Waals surface area contributed by atoms with Crippen molar-refractivity contribution < 1.29 is 9.90 Å². The molecule has 5 heteroatoms. The smallest absolute Gasteiger partial charge is 0.225 e. The minimum atomic E-state index is -0.215. The van der Waals surface area contributed by atoms with E-state index in [2.05, 4.69) is 22.3 Å². The van der Waals surface area contributed by atoms with Gasteiger partial charge in [0.2, 0.25) is 5.91 Å². The summed E-state index contributed by atoms with van der Waals surface area (Å²) < 4.78 is 0. The molecule has 2 aliphatic rings. The molecule has 0 saturated heterocycles. The molecular weight excluding hydrogens is 314 g/mol. The number of carbonyl (C=O) groups is 1. The lowest BCUT2D eigenvalue weighted by Gasteiger charge is -2.30. The first kappa shape index (κ1) is 16.3. The van der Waals surface area contributed by atoms with Gasteiger partial charge in [-0.2, -0.15) is 5.10 Å². The summed E-state index contributed by atoms with van der Waals surface area (Å²) in [6.45, 7) is 1.51. The van der Waals surface area contributed by atoms with Gasteiger partial charge < -0.3 is 10.0 Å². The zero-order valence-electron chi connectivity index (χ0n) is 14.4. The molecule has 1 amide bonds. The number of hydrogen-bond donors (Lipinski definition) is 2. The number of H-pyrrole nitrogens is 1. The van der Waals surface area contributed by atoms with Gasteiger partial charge in [0, 0.05) is 42.2 Å². The van der Waals surface area contributed by atoms with E-state index in [4.69, 9.17) is 0 Å². The van der Waals surface area contributed by atoms with Crippen LogP contribution >= 0.6 is 0 Å². The number of fused-ring (bicyclic) bond motifs is 1. The van der Waals surface area contributed by atoms with Gasteiger partial charge in [0.25, 0.3) is 0 Å². The van der Waals surface area contributed by atoms with Gasteiger partial charge in [-0.3, -0.25) is 9.89 Å². The van der Waals surface area contributed by atoms with Crippen LogP contribution in [-0.2, 0) is 17.6 Å². The third kappa shape index (κ3) is 3.33. The Labute approximate surface area is 148 Å². The molecule has 0 spiro atoms. The molecule has 1 aliphatic carbocycles. The first-order valence-corrected chi connectivity index (χ1v) is 9.31. The van der Waals surface area contributed by atoms with Crippen molar-refractivity contribution in [1.82, 2.24) is 15.1 Å². The van der Waals surface area contributed by atoms with E-state index < -0.39 is 0 Å². The predicted molar refractivity (Wildman–Crippen MR) is 96.0 cm³/mol. The number of aliphatic hydroxyl groups excluding tert-OH is 1. The summed E-state index contributed by atoms with van der Waals surface area (Å²) in [6, 6.07) is 10.2. The third-order valence-corrected chi connectivity index (χ3v) is 5.62. The number of aromatic nitrogens is 2. The lowest BCUT2D eigenvalue weighted by atomic mass is 9.86. The molecule has 1 aromatic carbocycles. The first-order chi connectivity index (χ1) is 12.2. The van der Waals surface area contributed by atoms with E-state index in [-0.39, 0.29) is 17.9 Å². The van der Waals surface area contributed by atoms with Gasteiger partial charge >= 0.3 is 0 Å². The second kappa shape index (κ2) is 7.00. The van der Waals surface area contributed by atoms with Gasteiger partial charge in [-0.15, -0.1) is 0 Å². The van der Waals surface area contributed by atoms with E-state index in [9.17, 15) is 9.90 Å². The monoisotopic (exact) mass is 339 g/mol. The van der Waals surface area contributed by atoms with Gasteiger partial charge in [0.1, 0.15) is 0 Å². The number of nitrogens with zero attached hydrogens (tertiary/aromatic N) is 2. The summed E-state index contributed by atoms with van der Waals surface area (Å²) in [6.07, 6.45) is 4.61. The van der Waals surface area contributed by atoms with Crippen molar-refractivity contribution in [1.29, 1.82) is 0 Å². The van der Waals surface area contributed by atoms with Crippen molar-refractivity contribution in [3.05, 3.63) is 41.6 Å². The van der Waals surface area contributed by atoms with Crippen molar-refractivity contribution in [2.24, 2.45) is 5.92 Å². The maximum Gasteiger partial charge on any atom is 0.225 e. The molecule has 2 aromatic rings. The number of nitrogens with one attached hydrogen (secondary N) is 1. The molecule has 0 atom stereocenters. The number of amides is 1. The second-order valence-corrected chi connectivity index (χ2v) is 7.23. The van der Waals surface area contributed by atoms with Crippen molar-refractivity contribution in [3.63, 3.8) is 0 Å². The molecule has 1 aromatic heterocycles. The molecule has 5 nitrogen and oxygen atoms in total. The Hall–Kier alpha value is -2.14. The molecule has 2 N–H and O–H groups in total. The maximum atomic E-state index is 12.9. The quantitative estimate of drug-likeness (QED) is 0.883. The molecule has 0 bridgehead atoms. The van der Waals surface area contributed by atoms with Crippen LogP contribution in [-0.4, -0.2) is 45.3 Å². The van der Waals surface area contributed by atoms with Gasteiger partial charge in [-0.1, -0.05) is 30.3 Å². The summed E-state index contributed by atoms with van der Waals surface area (Å²) >= 11 is 0. The predicted octanol–water partition coefficient (Wildman–Crippen LogP) is 2.56. The topological polar surface area (TPSA) is 69.2 Å². The second-order valence-electron chi connectivity index (χ2n) is 7.23. The van der Waals surface area contributed by atoms with Crippen LogP contribution in [0.1, 0.15) is 36.9 Å². The number of benzene rings is 1. The Morgan fingerprint density at radius 2 is 1.80 bits per heavy atom. The Balaban J connectivity index is 1.47. The van der Waals surface area contributed by atoms with Crippen LogP contribution in [0, 0.1) is 5.92 Å². The Bertz CT molecular complexity index is 733. The van der Waals surface area contributed by atoms with Gasteiger partial charge in [0.05, 0.1) is 11.8 Å². The largest absolute Gasteiger partial charge is 0.393 e. The number of aromatic amines is 1. The van der Waals surface area contributed by atoms with Crippen LogP contribution in [0.2, 0.25) is 0 Å². The van der Waals surface area contributed by atoms with Crippen molar-refractivity contribution in [2.75, 3.05) is 13.1 Å². The fourth-order valence-electron chi connectivity index (χ4n) is 4.12. The Morgan fingerprint density at radius 1 is 1.08 bits per heavy atom. The van der Waals surface area contributed by atoms with E-state index in [1.165, 1.54) is 5.56 Å². The van der Waals surface area contributed by atoms with E-state index >= 15 is 0 Å². The van der Waals surface area contributed by atoms with Crippen LogP contribution in [0.3, 0.4) is 0 Å². The highest BCUT2D eigenvalue weighted by Crippen LogP contribution is 2.29. The molecule has 132 valence electrons. The normalized spacial score (nSPS) is 23.8. The highest BCUT2D eigenvalue weighted by molar-refractivity contribution is 5.79. The van der Waals surface area contributed by atoms with Crippen molar-refractivity contribution >= 4 is 5.91 Å². The third-order valence-electron chi connectivity index (χ3n) is 5.62. The Kier molecular flexibility index (Phi) is 4.57. The zero-order valence-corrected chi connectivity index (χ0v) is 14.4. The summed E-state index contributed by atoms with van der Waals surface area (Å²) in [7, 11) is 0. The number of aliphatic hydroxyl groups is 1. The van der Waals surface area contributed by atoms with Crippen molar-refractivity contribution in [3.8, 4) is 11.3 Å². The standard InChI is InChI=1S/C20H25N3O2/c24-16-8-6-15(7-9-16)20(25)23-12-10-17-18(11-13-23)21-22-19(17)14-4-2-1-3-5-14/h1-5,15-16,24H,6-13H2,(H,21,22). The van der Waals surface area contributed by atoms with E-state index in [0.29, 0.717) is 0 Å². The number of rotatable bonds is 2. The summed E-state index contributed by atoms with van der Waals surface area (Å²) in [5, 5.41) is 17.4. The summed E-state index contributed by atoms with van der Waals surface area (Å²) in [5.41, 5.74) is 4.56. The van der Waals surface area contributed by atoms with Crippen LogP contribution in [0.5, 0.6) is 0 Å². The van der Waals surface area contributed by atoms with E-state index in [1.807, 2.05) is 23.1 Å². The van der Waals surface area contributed by atoms with Crippen LogP contribution in [0.25, 0.3) is 11.3 Å². The lowest BCUT2D eigenvalue weighted by Crippen LogP contribution is -2.39. The fourth-order valence-corrected chi connectivity index (χ4v) is 4.12. The molecule has 0 radical (unpaired) electrons. The minimum Gasteiger partial charge on any atom is -0.393 e. The minimum absolute atomic E-state index is 0.0894. The SMILES string of the molecule is O=C(C1CCC(O)CC1)N1CCc2[nH]nc(-c3ccccc3)c2CC1. The van der Waals surface area contributed by atoms with Gasteiger partial charge in [0.15, 0.2) is 0 Å². The van der Waals surface area contributed by atoms with Crippen LogP contribution < -0.4 is 0 Å². The van der Waals surface area contributed by atoms with Gasteiger partial charge in [-0.25, -0.2) is 0 Å². The van der Waals surface area contributed by atoms with E-state index in [0.717, 1.165) is 68.6 Å². The molecule has 1 saturated carbocycles. The molecule has 1 fully saturated rings. The Morgan fingerprint density at radius 3 is 2.56 bits per heavy atom. The highest BCUT2D eigenvalue weighted by atomic mass is 16.3. The first-order valence-electron chi connectivity index (χ1n) is 9.31. The average Bonchev–Trinajstić information content (AvgIpc) is 2.94. The fraction of sp³-hybridized carbons (Fsp3) is 0.500. The molecule has 0 unspecified atom stereocenters.